The first-order valence-corrected chi connectivity index (χ1v) is 8.84. The first-order chi connectivity index (χ1) is 12.5. The largest absolute Gasteiger partial charge is 0.366 e. The maximum absolute atomic E-state index is 13.8. The summed E-state index contributed by atoms with van der Waals surface area (Å²) >= 11 is 0. The SMILES string of the molecule is Cc1c(C(N)=O)c(-c2cccc(F)c2)c(C)n1C1CCc2ccccc21. The van der Waals surface area contributed by atoms with E-state index in [4.69, 9.17) is 5.73 Å². The monoisotopic (exact) mass is 348 g/mol. The molecule has 0 spiro atoms. The third-order valence-corrected chi connectivity index (χ3v) is 5.47. The lowest BCUT2D eigenvalue weighted by molar-refractivity contribution is 0.1000. The Balaban J connectivity index is 1.96. The van der Waals surface area contributed by atoms with Gasteiger partial charge in [0.05, 0.1) is 11.6 Å². The molecule has 26 heavy (non-hydrogen) atoms. The number of aryl methyl sites for hydroxylation is 1. The summed E-state index contributed by atoms with van der Waals surface area (Å²) < 4.78 is 16.0. The first kappa shape index (κ1) is 16.6. The predicted octanol–water partition coefficient (Wildman–Crippen LogP) is 4.55. The van der Waals surface area contributed by atoms with Crippen molar-refractivity contribution in [1.82, 2.24) is 4.57 Å². The molecule has 4 rings (SSSR count). The maximum atomic E-state index is 13.8. The summed E-state index contributed by atoms with van der Waals surface area (Å²) in [5.41, 5.74) is 12.0. The number of primary amides is 1. The molecule has 0 fully saturated rings. The molecule has 3 aromatic rings. The van der Waals surface area contributed by atoms with Gasteiger partial charge in [0.1, 0.15) is 5.82 Å². The van der Waals surface area contributed by atoms with E-state index >= 15 is 0 Å². The number of rotatable bonds is 3. The molecule has 3 nitrogen and oxygen atoms in total. The Labute approximate surface area is 152 Å². The van der Waals surface area contributed by atoms with Crippen LogP contribution in [0, 0.1) is 19.7 Å². The average molecular weight is 348 g/mol. The Morgan fingerprint density at radius 1 is 1.12 bits per heavy atom. The lowest BCUT2D eigenvalue weighted by atomic mass is 10.00. The molecule has 2 N–H and O–H groups in total. The van der Waals surface area contributed by atoms with E-state index in [0.29, 0.717) is 11.1 Å². The second-order valence-electron chi connectivity index (χ2n) is 6.92. The lowest BCUT2D eigenvalue weighted by Gasteiger charge is -2.19. The number of amides is 1. The Bertz CT molecular complexity index is 1020. The number of halogens is 1. The van der Waals surface area contributed by atoms with Gasteiger partial charge in [-0.15, -0.1) is 0 Å². The van der Waals surface area contributed by atoms with Crippen LogP contribution in [0.2, 0.25) is 0 Å². The van der Waals surface area contributed by atoms with Crippen LogP contribution in [0.15, 0.2) is 48.5 Å². The van der Waals surface area contributed by atoms with Crippen molar-refractivity contribution in [3.05, 3.63) is 82.4 Å². The van der Waals surface area contributed by atoms with Crippen molar-refractivity contribution in [3.63, 3.8) is 0 Å². The molecular formula is C22H21FN2O. The summed E-state index contributed by atoms with van der Waals surface area (Å²) in [7, 11) is 0. The fourth-order valence-corrected chi connectivity index (χ4v) is 4.42. The van der Waals surface area contributed by atoms with E-state index in [2.05, 4.69) is 22.8 Å². The maximum Gasteiger partial charge on any atom is 0.251 e. The minimum Gasteiger partial charge on any atom is -0.366 e. The molecule has 1 aromatic heterocycles. The van der Waals surface area contributed by atoms with Crippen LogP contribution in [0.4, 0.5) is 4.39 Å². The van der Waals surface area contributed by atoms with Crippen LogP contribution in [0.25, 0.3) is 11.1 Å². The molecule has 2 aromatic carbocycles. The van der Waals surface area contributed by atoms with E-state index in [1.807, 2.05) is 26.0 Å². The van der Waals surface area contributed by atoms with E-state index in [1.54, 1.807) is 6.07 Å². The summed E-state index contributed by atoms with van der Waals surface area (Å²) in [6.45, 7) is 3.91. The highest BCUT2D eigenvalue weighted by Gasteiger charge is 2.30. The average Bonchev–Trinajstić information content (AvgIpc) is 3.13. The number of hydrogen-bond donors (Lipinski definition) is 1. The molecule has 1 aliphatic rings. The van der Waals surface area contributed by atoms with E-state index < -0.39 is 5.91 Å². The number of carbonyl (C=O) groups is 1. The van der Waals surface area contributed by atoms with Crippen molar-refractivity contribution in [2.45, 2.75) is 32.7 Å². The van der Waals surface area contributed by atoms with Crippen molar-refractivity contribution in [2.24, 2.45) is 5.73 Å². The van der Waals surface area contributed by atoms with Crippen molar-refractivity contribution in [3.8, 4) is 11.1 Å². The second kappa shape index (κ2) is 6.13. The number of fused-ring (bicyclic) bond motifs is 1. The fraction of sp³-hybridized carbons (Fsp3) is 0.227. The van der Waals surface area contributed by atoms with Crippen molar-refractivity contribution in [1.29, 1.82) is 0 Å². The molecule has 0 saturated carbocycles. The van der Waals surface area contributed by atoms with Gasteiger partial charge in [-0.1, -0.05) is 36.4 Å². The molecule has 0 bridgehead atoms. The molecule has 0 aliphatic heterocycles. The number of nitrogens with zero attached hydrogens (tertiary/aromatic N) is 1. The van der Waals surface area contributed by atoms with Crippen LogP contribution in [0.3, 0.4) is 0 Å². The van der Waals surface area contributed by atoms with E-state index in [-0.39, 0.29) is 11.9 Å². The molecule has 1 aliphatic carbocycles. The summed E-state index contributed by atoms with van der Waals surface area (Å²) in [6.07, 6.45) is 2.00. The van der Waals surface area contributed by atoms with Gasteiger partial charge in [-0.2, -0.15) is 0 Å². The number of hydrogen-bond acceptors (Lipinski definition) is 1. The standard InChI is InChI=1S/C22H21FN2O/c1-13-20(16-7-5-8-17(23)12-16)21(22(24)26)14(2)25(13)19-11-10-15-6-3-4-9-18(15)19/h3-9,12,19H,10-11H2,1-2H3,(H2,24,26). The van der Waals surface area contributed by atoms with Gasteiger partial charge in [-0.3, -0.25) is 4.79 Å². The van der Waals surface area contributed by atoms with Gasteiger partial charge in [0.15, 0.2) is 0 Å². The predicted molar refractivity (Wildman–Crippen MR) is 101 cm³/mol. The van der Waals surface area contributed by atoms with Crippen LogP contribution < -0.4 is 5.73 Å². The minimum absolute atomic E-state index is 0.173. The van der Waals surface area contributed by atoms with Gasteiger partial charge in [0, 0.05) is 17.0 Å². The van der Waals surface area contributed by atoms with Gasteiger partial charge >= 0.3 is 0 Å². The highest BCUT2D eigenvalue weighted by molar-refractivity contribution is 6.02. The van der Waals surface area contributed by atoms with Crippen LogP contribution in [0.1, 0.15) is 45.3 Å². The van der Waals surface area contributed by atoms with Gasteiger partial charge in [-0.25, -0.2) is 4.39 Å². The molecule has 1 heterocycles. The normalized spacial score (nSPS) is 15.9. The van der Waals surface area contributed by atoms with Crippen LogP contribution in [-0.4, -0.2) is 10.5 Å². The number of benzene rings is 2. The highest BCUT2D eigenvalue weighted by Crippen LogP contribution is 2.41. The van der Waals surface area contributed by atoms with Crippen LogP contribution in [0.5, 0.6) is 0 Å². The topological polar surface area (TPSA) is 48.0 Å². The zero-order valence-electron chi connectivity index (χ0n) is 14.9. The van der Waals surface area contributed by atoms with Crippen molar-refractivity contribution >= 4 is 5.91 Å². The zero-order chi connectivity index (χ0) is 18.4. The quantitative estimate of drug-likeness (QED) is 0.742. The van der Waals surface area contributed by atoms with Crippen LogP contribution in [-0.2, 0) is 6.42 Å². The molecule has 132 valence electrons. The minimum atomic E-state index is -0.477. The lowest BCUT2D eigenvalue weighted by Crippen LogP contribution is -2.15. The summed E-state index contributed by atoms with van der Waals surface area (Å²) in [5, 5.41) is 0. The molecule has 0 saturated heterocycles. The zero-order valence-corrected chi connectivity index (χ0v) is 14.9. The van der Waals surface area contributed by atoms with Crippen molar-refractivity contribution in [2.75, 3.05) is 0 Å². The molecule has 0 radical (unpaired) electrons. The molecule has 1 atom stereocenters. The van der Waals surface area contributed by atoms with Gasteiger partial charge < -0.3 is 10.3 Å². The van der Waals surface area contributed by atoms with E-state index in [1.165, 1.54) is 23.3 Å². The summed E-state index contributed by atoms with van der Waals surface area (Å²) in [6, 6.07) is 14.9. The number of carbonyl (C=O) groups excluding carboxylic acids is 1. The van der Waals surface area contributed by atoms with Gasteiger partial charge in [0.2, 0.25) is 0 Å². The van der Waals surface area contributed by atoms with Crippen molar-refractivity contribution < 1.29 is 9.18 Å². The highest BCUT2D eigenvalue weighted by atomic mass is 19.1. The fourth-order valence-electron chi connectivity index (χ4n) is 4.42. The first-order valence-electron chi connectivity index (χ1n) is 8.84. The van der Waals surface area contributed by atoms with E-state index in [0.717, 1.165) is 29.8 Å². The number of nitrogens with two attached hydrogens (primary N) is 1. The molecule has 1 amide bonds. The Morgan fingerprint density at radius 3 is 2.62 bits per heavy atom. The van der Waals surface area contributed by atoms with Gasteiger partial charge in [-0.05, 0) is 55.5 Å². The molecular weight excluding hydrogens is 327 g/mol. The summed E-state index contributed by atoms with van der Waals surface area (Å²) in [4.78, 5) is 12.2. The Morgan fingerprint density at radius 2 is 1.88 bits per heavy atom. The summed E-state index contributed by atoms with van der Waals surface area (Å²) in [5.74, 6) is -0.802. The number of aromatic nitrogens is 1. The molecule has 1 unspecified atom stereocenters. The molecule has 4 heteroatoms. The smallest absolute Gasteiger partial charge is 0.251 e. The van der Waals surface area contributed by atoms with Crippen LogP contribution >= 0.6 is 0 Å². The Kier molecular flexibility index (Phi) is 3.91. The third kappa shape index (κ3) is 2.45. The second-order valence-corrected chi connectivity index (χ2v) is 6.92. The third-order valence-electron chi connectivity index (χ3n) is 5.47. The Hall–Kier alpha value is -2.88. The van der Waals surface area contributed by atoms with Gasteiger partial charge in [0.25, 0.3) is 5.91 Å². The van der Waals surface area contributed by atoms with E-state index in [9.17, 15) is 9.18 Å².